The third-order valence-corrected chi connectivity index (χ3v) is 3.07. The van der Waals surface area contributed by atoms with Crippen LogP contribution in [0, 0.1) is 0 Å². The number of nitrogens with two attached hydrogens (primary N) is 1. The molecule has 0 atom stereocenters. The van der Waals surface area contributed by atoms with Crippen molar-refractivity contribution in [1.29, 1.82) is 0 Å². The van der Waals surface area contributed by atoms with Crippen molar-refractivity contribution in [2.24, 2.45) is 7.05 Å². The molecule has 0 amide bonds. The number of H-pyrrole nitrogens is 1. The highest BCUT2D eigenvalue weighted by Crippen LogP contribution is 2.33. The maximum atomic E-state index is 5.81. The molecule has 0 aliphatic rings. The molecule has 0 unspecified atom stereocenters. The summed E-state index contributed by atoms with van der Waals surface area (Å²) >= 11 is 0. The van der Waals surface area contributed by atoms with E-state index in [4.69, 9.17) is 10.5 Å². The Morgan fingerprint density at radius 3 is 2.83 bits per heavy atom. The van der Waals surface area contributed by atoms with Crippen molar-refractivity contribution in [3.05, 3.63) is 30.5 Å². The molecular formula is C13H14N4O. The Morgan fingerprint density at radius 2 is 2.17 bits per heavy atom. The number of aromatic nitrogens is 3. The van der Waals surface area contributed by atoms with Crippen molar-refractivity contribution in [1.82, 2.24) is 14.8 Å². The minimum absolute atomic E-state index is 0.624. The zero-order valence-corrected chi connectivity index (χ0v) is 10.3. The second kappa shape index (κ2) is 3.80. The number of aryl methyl sites for hydroxylation is 1. The topological polar surface area (TPSA) is 68.9 Å². The fourth-order valence-electron chi connectivity index (χ4n) is 2.06. The minimum Gasteiger partial charge on any atom is -0.496 e. The van der Waals surface area contributed by atoms with Crippen LogP contribution in [0.15, 0.2) is 30.5 Å². The monoisotopic (exact) mass is 242 g/mol. The lowest BCUT2D eigenvalue weighted by molar-refractivity contribution is 0.417. The second-order valence-electron chi connectivity index (χ2n) is 4.20. The van der Waals surface area contributed by atoms with Gasteiger partial charge >= 0.3 is 0 Å². The molecule has 2 heterocycles. The van der Waals surface area contributed by atoms with Gasteiger partial charge in [0.05, 0.1) is 12.8 Å². The van der Waals surface area contributed by atoms with Crippen LogP contribution >= 0.6 is 0 Å². The van der Waals surface area contributed by atoms with Gasteiger partial charge in [-0.3, -0.25) is 4.68 Å². The maximum Gasteiger partial charge on any atom is 0.129 e. The van der Waals surface area contributed by atoms with Gasteiger partial charge in [0, 0.05) is 35.8 Å². The molecule has 2 aromatic heterocycles. The fraction of sp³-hybridized carbons (Fsp3) is 0.154. The van der Waals surface area contributed by atoms with Crippen LogP contribution < -0.4 is 10.5 Å². The summed E-state index contributed by atoms with van der Waals surface area (Å²) in [5.74, 6) is 1.42. The van der Waals surface area contributed by atoms with Gasteiger partial charge in [0.25, 0.3) is 0 Å². The van der Waals surface area contributed by atoms with Crippen LogP contribution in [-0.4, -0.2) is 21.9 Å². The van der Waals surface area contributed by atoms with Crippen LogP contribution in [0.5, 0.6) is 5.75 Å². The van der Waals surface area contributed by atoms with E-state index in [9.17, 15) is 0 Å². The van der Waals surface area contributed by atoms with Gasteiger partial charge in [-0.1, -0.05) is 0 Å². The third-order valence-electron chi connectivity index (χ3n) is 3.07. The highest BCUT2D eigenvalue weighted by molar-refractivity contribution is 5.88. The normalized spacial score (nSPS) is 11.0. The zero-order valence-electron chi connectivity index (χ0n) is 10.3. The van der Waals surface area contributed by atoms with Crippen molar-refractivity contribution in [2.75, 3.05) is 12.8 Å². The van der Waals surface area contributed by atoms with Crippen molar-refractivity contribution in [3.8, 4) is 17.0 Å². The molecule has 0 spiro atoms. The van der Waals surface area contributed by atoms with Gasteiger partial charge in [0.15, 0.2) is 0 Å². The van der Waals surface area contributed by atoms with Gasteiger partial charge < -0.3 is 15.5 Å². The van der Waals surface area contributed by atoms with E-state index < -0.39 is 0 Å². The smallest absolute Gasteiger partial charge is 0.129 e. The van der Waals surface area contributed by atoms with Crippen LogP contribution in [0.1, 0.15) is 0 Å². The second-order valence-corrected chi connectivity index (χ2v) is 4.20. The number of aromatic amines is 1. The Hall–Kier alpha value is -2.43. The zero-order chi connectivity index (χ0) is 12.7. The number of anilines is 1. The number of fused-ring (bicyclic) bond motifs is 1. The molecule has 5 heteroatoms. The number of hydrogen-bond acceptors (Lipinski definition) is 3. The van der Waals surface area contributed by atoms with E-state index in [1.807, 2.05) is 37.5 Å². The number of hydrogen-bond donors (Lipinski definition) is 2. The van der Waals surface area contributed by atoms with E-state index >= 15 is 0 Å². The summed E-state index contributed by atoms with van der Waals surface area (Å²) in [6.45, 7) is 0. The molecule has 0 saturated carbocycles. The van der Waals surface area contributed by atoms with Crippen molar-refractivity contribution < 1.29 is 4.74 Å². The number of nitrogens with zero attached hydrogens (tertiary/aromatic N) is 2. The summed E-state index contributed by atoms with van der Waals surface area (Å²) in [5, 5.41) is 5.49. The average Bonchev–Trinajstić information content (AvgIpc) is 2.94. The van der Waals surface area contributed by atoms with Crippen LogP contribution in [0.3, 0.4) is 0 Å². The summed E-state index contributed by atoms with van der Waals surface area (Å²) in [5.41, 5.74) is 8.60. The summed E-state index contributed by atoms with van der Waals surface area (Å²) < 4.78 is 7.07. The van der Waals surface area contributed by atoms with Crippen LogP contribution in [0.4, 0.5) is 5.82 Å². The number of rotatable bonds is 2. The lowest BCUT2D eigenvalue weighted by Crippen LogP contribution is -1.96. The first kappa shape index (κ1) is 10.7. The highest BCUT2D eigenvalue weighted by atomic mass is 16.5. The maximum absolute atomic E-state index is 5.81. The Bertz CT molecular complexity index is 691. The minimum atomic E-state index is 0.624. The quantitative estimate of drug-likeness (QED) is 0.723. The van der Waals surface area contributed by atoms with E-state index in [-0.39, 0.29) is 0 Å². The van der Waals surface area contributed by atoms with Gasteiger partial charge in [0.1, 0.15) is 11.6 Å². The summed E-state index contributed by atoms with van der Waals surface area (Å²) in [7, 11) is 3.47. The lowest BCUT2D eigenvalue weighted by atomic mass is 10.1. The third kappa shape index (κ3) is 1.52. The SMILES string of the molecule is COc1cc2cc[nH]c2cc1-c1cc(N)n(C)n1. The first-order valence-corrected chi connectivity index (χ1v) is 5.64. The number of methoxy groups -OCH3 is 1. The molecule has 0 aliphatic heterocycles. The molecule has 3 rings (SSSR count). The van der Waals surface area contributed by atoms with E-state index in [2.05, 4.69) is 10.1 Å². The number of nitrogen functional groups attached to an aromatic ring is 1. The molecular weight excluding hydrogens is 228 g/mol. The van der Waals surface area contributed by atoms with Gasteiger partial charge in [-0.15, -0.1) is 0 Å². The predicted octanol–water partition coefficient (Wildman–Crippen LogP) is 2.16. The molecule has 0 bridgehead atoms. The van der Waals surface area contributed by atoms with Crippen molar-refractivity contribution in [2.45, 2.75) is 0 Å². The molecule has 18 heavy (non-hydrogen) atoms. The number of benzene rings is 1. The molecule has 3 aromatic rings. The van der Waals surface area contributed by atoms with Crippen LogP contribution in [-0.2, 0) is 7.05 Å². The van der Waals surface area contributed by atoms with Gasteiger partial charge in [-0.25, -0.2) is 0 Å². The molecule has 3 N–H and O–H groups in total. The van der Waals surface area contributed by atoms with Crippen molar-refractivity contribution in [3.63, 3.8) is 0 Å². The lowest BCUT2D eigenvalue weighted by Gasteiger charge is -2.06. The van der Waals surface area contributed by atoms with Crippen molar-refractivity contribution >= 4 is 16.7 Å². The Labute approximate surface area is 104 Å². The molecule has 5 nitrogen and oxygen atoms in total. The largest absolute Gasteiger partial charge is 0.496 e. The molecule has 92 valence electrons. The highest BCUT2D eigenvalue weighted by Gasteiger charge is 2.12. The Morgan fingerprint density at radius 1 is 1.33 bits per heavy atom. The predicted molar refractivity (Wildman–Crippen MR) is 71.5 cm³/mol. The van der Waals surface area contributed by atoms with E-state index in [1.54, 1.807) is 11.8 Å². The van der Waals surface area contributed by atoms with E-state index in [1.165, 1.54) is 0 Å². The first-order valence-electron chi connectivity index (χ1n) is 5.64. The number of nitrogens with one attached hydrogen (secondary N) is 1. The summed E-state index contributed by atoms with van der Waals surface area (Å²) in [6.07, 6.45) is 1.90. The van der Waals surface area contributed by atoms with Gasteiger partial charge in [-0.2, -0.15) is 5.10 Å². The molecule has 1 aromatic carbocycles. The summed E-state index contributed by atoms with van der Waals surface area (Å²) in [6, 6.07) is 7.86. The van der Waals surface area contributed by atoms with E-state index in [0.717, 1.165) is 27.9 Å². The molecule has 0 fully saturated rings. The first-order chi connectivity index (χ1) is 8.69. The van der Waals surface area contributed by atoms with E-state index in [0.29, 0.717) is 5.82 Å². The fourth-order valence-corrected chi connectivity index (χ4v) is 2.06. The van der Waals surface area contributed by atoms with Gasteiger partial charge in [0.2, 0.25) is 0 Å². The summed E-state index contributed by atoms with van der Waals surface area (Å²) in [4.78, 5) is 3.18. The molecule has 0 aliphatic carbocycles. The Kier molecular flexibility index (Phi) is 2.26. The standard InChI is InChI=1S/C13H14N4O/c1-17-13(14)7-11(16-17)9-6-10-8(3-4-15-10)5-12(9)18-2/h3-7,15H,14H2,1-2H3. The molecule has 0 radical (unpaired) electrons. The average molecular weight is 242 g/mol. The van der Waals surface area contributed by atoms with Gasteiger partial charge in [-0.05, 0) is 18.2 Å². The van der Waals surface area contributed by atoms with Crippen LogP contribution in [0.25, 0.3) is 22.2 Å². The Balaban J connectivity index is 2.25. The molecule has 0 saturated heterocycles. The van der Waals surface area contributed by atoms with Crippen LogP contribution in [0.2, 0.25) is 0 Å². The number of ether oxygens (including phenoxy) is 1.